The average Bonchev–Trinajstić information content (AvgIpc) is 2.87. The number of fused-ring (bicyclic) bond motifs is 1. The van der Waals surface area contributed by atoms with Crippen LogP contribution >= 0.6 is 15.9 Å². The molecule has 2 aliphatic heterocycles. The van der Waals surface area contributed by atoms with Gasteiger partial charge in [-0.1, -0.05) is 28.1 Å². The fourth-order valence-electron chi connectivity index (χ4n) is 4.10. The van der Waals surface area contributed by atoms with Crippen molar-refractivity contribution in [3.05, 3.63) is 64.1 Å². The average molecular weight is 426 g/mol. The lowest BCUT2D eigenvalue weighted by Crippen LogP contribution is -2.36. The van der Waals surface area contributed by atoms with Crippen molar-refractivity contribution in [1.29, 1.82) is 0 Å². The second-order valence-electron chi connectivity index (χ2n) is 7.76. The summed E-state index contributed by atoms with van der Waals surface area (Å²) in [5, 5.41) is 0. The lowest BCUT2D eigenvalue weighted by molar-refractivity contribution is -0.401. The third kappa shape index (κ3) is 3.48. The van der Waals surface area contributed by atoms with Gasteiger partial charge in [0.1, 0.15) is 7.05 Å². The Balaban J connectivity index is 1.57. The Kier molecular flexibility index (Phi) is 4.95. The van der Waals surface area contributed by atoms with Crippen LogP contribution in [-0.2, 0) is 10.2 Å². The lowest BCUT2D eigenvalue weighted by Gasteiger charge is -2.28. The first-order valence-electron chi connectivity index (χ1n) is 9.49. The van der Waals surface area contributed by atoms with Gasteiger partial charge in [0, 0.05) is 41.0 Å². The van der Waals surface area contributed by atoms with E-state index < -0.39 is 0 Å². The third-order valence-electron chi connectivity index (χ3n) is 5.70. The number of hydrogen-bond acceptors (Lipinski definition) is 2. The number of allylic oxidation sites excluding steroid dienone is 1. The van der Waals surface area contributed by atoms with E-state index in [9.17, 15) is 0 Å². The van der Waals surface area contributed by atoms with Gasteiger partial charge in [-0.25, -0.2) is 0 Å². The smallest absolute Gasteiger partial charge is 0.209 e. The number of nitrogens with zero attached hydrogens (tertiary/aromatic N) is 2. The summed E-state index contributed by atoms with van der Waals surface area (Å²) in [4.78, 5) is 2.38. The maximum absolute atomic E-state index is 5.44. The van der Waals surface area contributed by atoms with E-state index in [4.69, 9.17) is 4.74 Å². The summed E-state index contributed by atoms with van der Waals surface area (Å²) in [6.07, 6.45) is 4.48. The van der Waals surface area contributed by atoms with Gasteiger partial charge < -0.3 is 9.64 Å². The Hall–Kier alpha value is -1.91. The van der Waals surface area contributed by atoms with Crippen molar-refractivity contribution >= 4 is 39.1 Å². The zero-order valence-electron chi connectivity index (χ0n) is 16.2. The van der Waals surface area contributed by atoms with E-state index in [2.05, 4.69) is 101 Å². The molecule has 2 aromatic carbocycles. The van der Waals surface area contributed by atoms with E-state index in [0.717, 1.165) is 30.8 Å². The maximum atomic E-state index is 5.44. The van der Waals surface area contributed by atoms with Gasteiger partial charge in [-0.15, -0.1) is 0 Å². The normalized spacial score (nSPS) is 19.0. The molecule has 1 fully saturated rings. The fourth-order valence-corrected chi connectivity index (χ4v) is 4.46. The second-order valence-corrected chi connectivity index (χ2v) is 8.67. The van der Waals surface area contributed by atoms with E-state index in [1.54, 1.807) is 0 Å². The van der Waals surface area contributed by atoms with E-state index in [-0.39, 0.29) is 5.41 Å². The minimum absolute atomic E-state index is 0.0158. The first-order chi connectivity index (χ1) is 13.0. The molecule has 0 aliphatic carbocycles. The van der Waals surface area contributed by atoms with Crippen molar-refractivity contribution in [3.63, 3.8) is 0 Å². The highest BCUT2D eigenvalue weighted by Crippen LogP contribution is 2.40. The molecular formula is C23H26BrN2O+. The Morgan fingerprint density at radius 2 is 1.74 bits per heavy atom. The van der Waals surface area contributed by atoms with E-state index in [1.807, 2.05) is 0 Å². The summed E-state index contributed by atoms with van der Waals surface area (Å²) in [5.74, 6) is 0. The van der Waals surface area contributed by atoms with Crippen molar-refractivity contribution in [2.45, 2.75) is 19.3 Å². The number of anilines is 1. The Morgan fingerprint density at radius 3 is 2.44 bits per heavy atom. The largest absolute Gasteiger partial charge is 0.378 e. The summed E-state index contributed by atoms with van der Waals surface area (Å²) in [6.45, 7) is 8.17. The van der Waals surface area contributed by atoms with Crippen molar-refractivity contribution in [2.24, 2.45) is 0 Å². The molecular weight excluding hydrogens is 400 g/mol. The molecule has 27 heavy (non-hydrogen) atoms. The summed E-state index contributed by atoms with van der Waals surface area (Å²) in [7, 11) is 2.16. The van der Waals surface area contributed by atoms with Crippen molar-refractivity contribution in [2.75, 3.05) is 38.3 Å². The molecule has 0 saturated carbocycles. The van der Waals surface area contributed by atoms with Gasteiger partial charge >= 0.3 is 0 Å². The van der Waals surface area contributed by atoms with Crippen molar-refractivity contribution in [3.8, 4) is 0 Å². The van der Waals surface area contributed by atoms with Crippen LogP contribution in [0.5, 0.6) is 0 Å². The Bertz CT molecular complexity index is 906. The van der Waals surface area contributed by atoms with Crippen LogP contribution < -0.4 is 4.90 Å². The van der Waals surface area contributed by atoms with Crippen LogP contribution in [0.3, 0.4) is 0 Å². The lowest BCUT2D eigenvalue weighted by atomic mass is 9.81. The molecule has 0 radical (unpaired) electrons. The zero-order valence-corrected chi connectivity index (χ0v) is 17.8. The van der Waals surface area contributed by atoms with Crippen LogP contribution in [0.1, 0.15) is 25.0 Å². The van der Waals surface area contributed by atoms with Crippen LogP contribution in [0.2, 0.25) is 0 Å². The SMILES string of the molecule is C[N+]1=C(/C=C/c2ccc(N3CCOCC3)cc2)C(C)(C)c2cc(Br)ccc21. The van der Waals surface area contributed by atoms with Gasteiger partial charge in [0.05, 0.1) is 18.6 Å². The minimum Gasteiger partial charge on any atom is -0.378 e. The minimum atomic E-state index is -0.0158. The molecule has 0 amide bonds. The molecule has 2 aromatic rings. The number of ether oxygens (including phenoxy) is 1. The molecule has 1 saturated heterocycles. The summed E-state index contributed by atoms with van der Waals surface area (Å²) < 4.78 is 8.88. The van der Waals surface area contributed by atoms with E-state index in [0.29, 0.717) is 0 Å². The predicted molar refractivity (Wildman–Crippen MR) is 117 cm³/mol. The molecule has 0 bridgehead atoms. The summed E-state index contributed by atoms with van der Waals surface area (Å²) in [6, 6.07) is 15.4. The molecule has 140 valence electrons. The molecule has 4 heteroatoms. The molecule has 0 unspecified atom stereocenters. The topological polar surface area (TPSA) is 15.5 Å². The quantitative estimate of drug-likeness (QED) is 0.642. The van der Waals surface area contributed by atoms with E-state index in [1.165, 1.54) is 28.2 Å². The number of hydrogen-bond donors (Lipinski definition) is 0. The standard InChI is InChI=1S/C23H26BrN2O/c1-23(2)20-16-18(24)7-10-21(20)25(3)22(23)11-6-17-4-8-19(9-5-17)26-12-14-27-15-13-26/h4-11,16H,12-15H2,1-3H3/q+1. The van der Waals surface area contributed by atoms with Gasteiger partial charge in [-0.05, 0) is 49.8 Å². The van der Waals surface area contributed by atoms with Gasteiger partial charge in [0.25, 0.3) is 0 Å². The van der Waals surface area contributed by atoms with Crippen LogP contribution in [0.4, 0.5) is 11.4 Å². The highest BCUT2D eigenvalue weighted by atomic mass is 79.9. The van der Waals surface area contributed by atoms with Crippen LogP contribution in [-0.4, -0.2) is 43.6 Å². The molecule has 0 atom stereocenters. The zero-order chi connectivity index (χ0) is 19.0. The number of benzene rings is 2. The van der Waals surface area contributed by atoms with Crippen LogP contribution in [0.25, 0.3) is 6.08 Å². The first-order valence-corrected chi connectivity index (χ1v) is 10.3. The maximum Gasteiger partial charge on any atom is 0.209 e. The van der Waals surface area contributed by atoms with Gasteiger partial charge in [0.2, 0.25) is 5.69 Å². The first kappa shape index (κ1) is 18.5. The summed E-state index contributed by atoms with van der Waals surface area (Å²) >= 11 is 3.61. The van der Waals surface area contributed by atoms with Gasteiger partial charge in [-0.2, -0.15) is 4.58 Å². The molecule has 0 spiro atoms. The molecule has 2 heterocycles. The summed E-state index contributed by atoms with van der Waals surface area (Å²) in [5.41, 5.74) is 6.44. The van der Waals surface area contributed by atoms with Crippen molar-refractivity contribution in [1.82, 2.24) is 0 Å². The number of morpholine rings is 1. The molecule has 4 rings (SSSR count). The van der Waals surface area contributed by atoms with Gasteiger partial charge in [-0.3, -0.25) is 0 Å². The van der Waals surface area contributed by atoms with Gasteiger partial charge in [0.15, 0.2) is 5.71 Å². The highest BCUT2D eigenvalue weighted by molar-refractivity contribution is 9.10. The molecule has 3 nitrogen and oxygen atoms in total. The molecule has 2 aliphatic rings. The number of rotatable bonds is 3. The second kappa shape index (κ2) is 7.25. The van der Waals surface area contributed by atoms with Crippen LogP contribution in [0, 0.1) is 0 Å². The monoisotopic (exact) mass is 425 g/mol. The molecule has 0 aromatic heterocycles. The number of halogens is 1. The highest BCUT2D eigenvalue weighted by Gasteiger charge is 2.42. The van der Waals surface area contributed by atoms with Crippen LogP contribution in [0.15, 0.2) is 53.0 Å². The Labute approximate surface area is 170 Å². The Morgan fingerprint density at radius 1 is 1.04 bits per heavy atom. The molecule has 0 N–H and O–H groups in total. The fraction of sp³-hybridized carbons (Fsp3) is 0.348. The van der Waals surface area contributed by atoms with Crippen molar-refractivity contribution < 1.29 is 9.31 Å². The predicted octanol–water partition coefficient (Wildman–Crippen LogP) is 5.01. The van der Waals surface area contributed by atoms with E-state index >= 15 is 0 Å². The third-order valence-corrected chi connectivity index (χ3v) is 6.19.